The van der Waals surface area contributed by atoms with Crippen LogP contribution in [0.25, 0.3) is 0 Å². The summed E-state index contributed by atoms with van der Waals surface area (Å²) in [6.45, 7) is 4.31. The van der Waals surface area contributed by atoms with Gasteiger partial charge in [0.05, 0.1) is 16.9 Å². The Morgan fingerprint density at radius 1 is 1.60 bits per heavy atom. The van der Waals surface area contributed by atoms with Crippen LogP contribution < -0.4 is 10.5 Å². The summed E-state index contributed by atoms with van der Waals surface area (Å²) in [4.78, 5) is 0. The van der Waals surface area contributed by atoms with E-state index in [1.165, 1.54) is 5.56 Å². The van der Waals surface area contributed by atoms with Gasteiger partial charge in [-0.3, -0.25) is 5.41 Å². The van der Waals surface area contributed by atoms with Crippen LogP contribution in [-0.2, 0) is 0 Å². The van der Waals surface area contributed by atoms with Crippen molar-refractivity contribution in [2.75, 3.05) is 6.61 Å². The predicted octanol–water partition coefficient (Wildman–Crippen LogP) is 2.71. The van der Waals surface area contributed by atoms with Gasteiger partial charge < -0.3 is 10.5 Å². The number of nitrogens with one attached hydrogen (secondary N) is 1. The highest BCUT2D eigenvalue weighted by molar-refractivity contribution is 9.10. The molecule has 0 spiro atoms. The van der Waals surface area contributed by atoms with E-state index in [9.17, 15) is 0 Å². The summed E-state index contributed by atoms with van der Waals surface area (Å²) in [6, 6.07) is 5.89. The molecule has 1 rings (SSSR count). The number of nitrogens with two attached hydrogens (primary N) is 1. The standard InChI is InChI=1S/C11H15BrN2O/c1-7-3-4-10(9(12)5-7)15-6-8(2)11(13)14/h3-5,8H,6H2,1-2H3,(H3,13,14). The third kappa shape index (κ3) is 3.55. The second kappa shape index (κ2) is 5.16. The quantitative estimate of drug-likeness (QED) is 0.653. The van der Waals surface area contributed by atoms with Gasteiger partial charge in [0.15, 0.2) is 0 Å². The molecule has 15 heavy (non-hydrogen) atoms. The van der Waals surface area contributed by atoms with Crippen LogP contribution in [0.1, 0.15) is 12.5 Å². The molecular formula is C11H15BrN2O. The Bertz CT molecular complexity index is 366. The zero-order chi connectivity index (χ0) is 11.4. The Balaban J connectivity index is 2.62. The Labute approximate surface area is 98.3 Å². The first kappa shape index (κ1) is 12.0. The maximum Gasteiger partial charge on any atom is 0.133 e. The second-order valence-electron chi connectivity index (χ2n) is 3.60. The molecule has 3 N–H and O–H groups in total. The lowest BCUT2D eigenvalue weighted by molar-refractivity contribution is 0.290. The topological polar surface area (TPSA) is 59.1 Å². The Hall–Kier alpha value is -1.03. The van der Waals surface area contributed by atoms with Crippen LogP contribution >= 0.6 is 15.9 Å². The molecule has 1 aromatic carbocycles. The van der Waals surface area contributed by atoms with Crippen LogP contribution in [0.3, 0.4) is 0 Å². The fraction of sp³-hybridized carbons (Fsp3) is 0.364. The van der Waals surface area contributed by atoms with E-state index in [1.54, 1.807) is 0 Å². The van der Waals surface area contributed by atoms with E-state index in [2.05, 4.69) is 15.9 Å². The molecule has 1 aromatic rings. The van der Waals surface area contributed by atoms with Crippen molar-refractivity contribution >= 4 is 21.8 Å². The minimum atomic E-state index is -0.0572. The molecule has 0 saturated carbocycles. The van der Waals surface area contributed by atoms with E-state index in [4.69, 9.17) is 15.9 Å². The zero-order valence-electron chi connectivity index (χ0n) is 8.88. The Morgan fingerprint density at radius 3 is 2.80 bits per heavy atom. The highest BCUT2D eigenvalue weighted by Crippen LogP contribution is 2.25. The fourth-order valence-corrected chi connectivity index (χ4v) is 1.64. The number of aryl methyl sites for hydroxylation is 1. The number of halogens is 1. The number of hydrogen-bond donors (Lipinski definition) is 2. The van der Waals surface area contributed by atoms with Crippen molar-refractivity contribution in [2.45, 2.75) is 13.8 Å². The lowest BCUT2D eigenvalue weighted by Gasteiger charge is -2.12. The molecule has 0 bridgehead atoms. The monoisotopic (exact) mass is 270 g/mol. The van der Waals surface area contributed by atoms with Crippen LogP contribution in [-0.4, -0.2) is 12.4 Å². The number of hydrogen-bond acceptors (Lipinski definition) is 2. The molecular weight excluding hydrogens is 256 g/mol. The minimum Gasteiger partial charge on any atom is -0.492 e. The molecule has 0 aliphatic rings. The van der Waals surface area contributed by atoms with Gasteiger partial charge in [0.1, 0.15) is 5.75 Å². The SMILES string of the molecule is Cc1ccc(OCC(C)C(=N)N)c(Br)c1. The number of benzene rings is 1. The number of rotatable bonds is 4. The van der Waals surface area contributed by atoms with Gasteiger partial charge in [-0.05, 0) is 40.5 Å². The summed E-state index contributed by atoms with van der Waals surface area (Å²) >= 11 is 3.42. The van der Waals surface area contributed by atoms with E-state index >= 15 is 0 Å². The van der Waals surface area contributed by atoms with Crippen LogP contribution in [0.4, 0.5) is 0 Å². The molecule has 0 saturated heterocycles. The lowest BCUT2D eigenvalue weighted by atomic mass is 10.2. The van der Waals surface area contributed by atoms with Crippen molar-refractivity contribution in [3.63, 3.8) is 0 Å². The van der Waals surface area contributed by atoms with Gasteiger partial charge in [-0.2, -0.15) is 0 Å². The first-order valence-electron chi connectivity index (χ1n) is 4.73. The molecule has 0 heterocycles. The summed E-state index contributed by atoms with van der Waals surface area (Å²) in [5, 5.41) is 7.24. The summed E-state index contributed by atoms with van der Waals surface area (Å²) in [5.41, 5.74) is 6.53. The fourth-order valence-electron chi connectivity index (χ4n) is 1.03. The first-order valence-corrected chi connectivity index (χ1v) is 5.53. The molecule has 4 heteroatoms. The van der Waals surface area contributed by atoms with E-state index in [-0.39, 0.29) is 11.8 Å². The van der Waals surface area contributed by atoms with Crippen LogP contribution in [0.5, 0.6) is 5.75 Å². The number of ether oxygens (including phenoxy) is 1. The average molecular weight is 271 g/mol. The first-order chi connectivity index (χ1) is 7.00. The van der Waals surface area contributed by atoms with Gasteiger partial charge in [0.25, 0.3) is 0 Å². The van der Waals surface area contributed by atoms with E-state index in [0.29, 0.717) is 6.61 Å². The normalized spacial score (nSPS) is 12.2. The van der Waals surface area contributed by atoms with Gasteiger partial charge in [-0.25, -0.2) is 0 Å². The highest BCUT2D eigenvalue weighted by atomic mass is 79.9. The molecule has 0 aliphatic carbocycles. The van der Waals surface area contributed by atoms with Crippen molar-refractivity contribution in [3.05, 3.63) is 28.2 Å². The number of amidine groups is 1. The second-order valence-corrected chi connectivity index (χ2v) is 4.46. The van der Waals surface area contributed by atoms with Gasteiger partial charge in [0, 0.05) is 5.92 Å². The van der Waals surface area contributed by atoms with Crippen LogP contribution in [0, 0.1) is 18.3 Å². The summed E-state index contributed by atoms with van der Waals surface area (Å²) < 4.78 is 6.48. The van der Waals surface area contributed by atoms with Crippen LogP contribution in [0.2, 0.25) is 0 Å². The minimum absolute atomic E-state index is 0.0572. The van der Waals surface area contributed by atoms with Gasteiger partial charge in [-0.1, -0.05) is 13.0 Å². The smallest absolute Gasteiger partial charge is 0.133 e. The van der Waals surface area contributed by atoms with E-state index in [1.807, 2.05) is 32.0 Å². The zero-order valence-corrected chi connectivity index (χ0v) is 10.5. The van der Waals surface area contributed by atoms with Crippen molar-refractivity contribution in [1.29, 1.82) is 5.41 Å². The average Bonchev–Trinajstić information content (AvgIpc) is 2.15. The van der Waals surface area contributed by atoms with E-state index < -0.39 is 0 Å². The molecule has 82 valence electrons. The van der Waals surface area contributed by atoms with Crippen molar-refractivity contribution in [3.8, 4) is 5.75 Å². The summed E-state index contributed by atoms with van der Waals surface area (Å²) in [5.74, 6) is 0.880. The van der Waals surface area contributed by atoms with Crippen LogP contribution in [0.15, 0.2) is 22.7 Å². The molecule has 1 unspecified atom stereocenters. The van der Waals surface area contributed by atoms with Crippen molar-refractivity contribution in [2.24, 2.45) is 11.7 Å². The highest BCUT2D eigenvalue weighted by Gasteiger charge is 2.07. The molecule has 0 fully saturated rings. The lowest BCUT2D eigenvalue weighted by Crippen LogP contribution is -2.25. The molecule has 3 nitrogen and oxygen atoms in total. The van der Waals surface area contributed by atoms with E-state index in [0.717, 1.165) is 10.2 Å². The van der Waals surface area contributed by atoms with Gasteiger partial charge in [-0.15, -0.1) is 0 Å². The molecule has 1 atom stereocenters. The Kier molecular flexibility index (Phi) is 4.15. The summed E-state index contributed by atoms with van der Waals surface area (Å²) in [6.07, 6.45) is 0. The Morgan fingerprint density at radius 2 is 2.27 bits per heavy atom. The maximum atomic E-state index is 7.24. The van der Waals surface area contributed by atoms with Crippen molar-refractivity contribution < 1.29 is 4.74 Å². The third-order valence-electron chi connectivity index (χ3n) is 2.11. The largest absolute Gasteiger partial charge is 0.492 e. The molecule has 0 radical (unpaired) electrons. The third-order valence-corrected chi connectivity index (χ3v) is 2.73. The maximum absolute atomic E-state index is 7.24. The molecule has 0 aromatic heterocycles. The van der Waals surface area contributed by atoms with Gasteiger partial charge >= 0.3 is 0 Å². The molecule has 0 amide bonds. The van der Waals surface area contributed by atoms with Crippen molar-refractivity contribution in [1.82, 2.24) is 0 Å². The van der Waals surface area contributed by atoms with Gasteiger partial charge in [0.2, 0.25) is 0 Å². The predicted molar refractivity (Wildman–Crippen MR) is 65.5 cm³/mol. The molecule has 0 aliphatic heterocycles. The summed E-state index contributed by atoms with van der Waals surface area (Å²) in [7, 11) is 0.